The Labute approximate surface area is 147 Å². The third-order valence-electron chi connectivity index (χ3n) is 6.65. The molecule has 1 aromatic rings. The van der Waals surface area contributed by atoms with Crippen LogP contribution in [-0.4, -0.2) is 47.5 Å². The molecule has 1 unspecified atom stereocenters. The summed E-state index contributed by atoms with van der Waals surface area (Å²) >= 11 is 0. The summed E-state index contributed by atoms with van der Waals surface area (Å²) in [5.41, 5.74) is 2.00. The van der Waals surface area contributed by atoms with Gasteiger partial charge in [0.25, 0.3) is 0 Å². The van der Waals surface area contributed by atoms with E-state index in [0.29, 0.717) is 5.41 Å². The summed E-state index contributed by atoms with van der Waals surface area (Å²) in [4.78, 5) is 9.65. The predicted octanol–water partition coefficient (Wildman–Crippen LogP) is 3.95. The zero-order valence-electron chi connectivity index (χ0n) is 15.1. The summed E-state index contributed by atoms with van der Waals surface area (Å²) in [5.74, 6) is 0.989. The Bertz CT molecular complexity index is 511. The summed E-state index contributed by atoms with van der Waals surface area (Å²) in [6.45, 7) is 7.77. The normalized spacial score (nSPS) is 30.2. The van der Waals surface area contributed by atoms with Gasteiger partial charge in [-0.2, -0.15) is 0 Å². The van der Waals surface area contributed by atoms with Gasteiger partial charge < -0.3 is 4.90 Å². The van der Waals surface area contributed by atoms with Crippen molar-refractivity contribution in [1.82, 2.24) is 14.8 Å². The van der Waals surface area contributed by atoms with E-state index in [1.54, 1.807) is 0 Å². The molecule has 3 heteroatoms. The molecule has 1 aromatic heterocycles. The quantitative estimate of drug-likeness (QED) is 0.835. The van der Waals surface area contributed by atoms with Crippen molar-refractivity contribution in [1.29, 1.82) is 0 Å². The molecular formula is C21H33N3. The van der Waals surface area contributed by atoms with Crippen LogP contribution in [0.4, 0.5) is 0 Å². The molecule has 0 amide bonds. The molecule has 2 saturated heterocycles. The molecule has 1 atom stereocenters. The number of aromatic nitrogens is 1. The van der Waals surface area contributed by atoms with Gasteiger partial charge in [0.05, 0.1) is 0 Å². The van der Waals surface area contributed by atoms with Gasteiger partial charge in [-0.15, -0.1) is 0 Å². The second-order valence-electron chi connectivity index (χ2n) is 8.66. The van der Waals surface area contributed by atoms with Crippen LogP contribution in [0, 0.1) is 11.3 Å². The van der Waals surface area contributed by atoms with E-state index < -0.39 is 0 Å². The summed E-state index contributed by atoms with van der Waals surface area (Å²) in [7, 11) is 0. The fraction of sp³-hybridized carbons (Fsp3) is 0.762. The minimum absolute atomic E-state index is 0.583. The SMILES string of the molecule is c1cc(CN2CCC3(CCCN(CC4CCCCC4)C3)C2)ccn1. The number of likely N-dealkylation sites (tertiary alicyclic amines) is 2. The zero-order chi connectivity index (χ0) is 16.2. The zero-order valence-corrected chi connectivity index (χ0v) is 15.1. The van der Waals surface area contributed by atoms with Crippen molar-refractivity contribution < 1.29 is 0 Å². The first-order chi connectivity index (χ1) is 11.8. The molecule has 1 aliphatic carbocycles. The molecule has 132 valence electrons. The van der Waals surface area contributed by atoms with Gasteiger partial charge in [0.15, 0.2) is 0 Å². The number of nitrogens with zero attached hydrogens (tertiary/aromatic N) is 3. The van der Waals surface area contributed by atoms with Crippen LogP contribution in [0.1, 0.15) is 56.9 Å². The van der Waals surface area contributed by atoms with Crippen molar-refractivity contribution in [2.45, 2.75) is 57.9 Å². The molecular weight excluding hydrogens is 294 g/mol. The van der Waals surface area contributed by atoms with Gasteiger partial charge in [-0.1, -0.05) is 19.3 Å². The maximum atomic E-state index is 4.14. The summed E-state index contributed by atoms with van der Waals surface area (Å²) in [5, 5.41) is 0. The van der Waals surface area contributed by atoms with E-state index in [0.717, 1.165) is 12.5 Å². The first-order valence-electron chi connectivity index (χ1n) is 10.2. The lowest BCUT2D eigenvalue weighted by molar-refractivity contribution is 0.0737. The number of hydrogen-bond donors (Lipinski definition) is 0. The van der Waals surface area contributed by atoms with E-state index in [-0.39, 0.29) is 0 Å². The van der Waals surface area contributed by atoms with Crippen LogP contribution in [0.2, 0.25) is 0 Å². The van der Waals surface area contributed by atoms with Gasteiger partial charge in [0, 0.05) is 38.6 Å². The van der Waals surface area contributed by atoms with E-state index >= 15 is 0 Å². The van der Waals surface area contributed by atoms with Crippen LogP contribution in [0.25, 0.3) is 0 Å². The van der Waals surface area contributed by atoms with Gasteiger partial charge in [-0.25, -0.2) is 0 Å². The lowest BCUT2D eigenvalue weighted by atomic mass is 9.78. The molecule has 0 aromatic carbocycles. The molecule has 2 aliphatic heterocycles. The highest BCUT2D eigenvalue weighted by molar-refractivity contribution is 5.10. The minimum Gasteiger partial charge on any atom is -0.302 e. The highest BCUT2D eigenvalue weighted by Crippen LogP contribution is 2.40. The minimum atomic E-state index is 0.583. The van der Waals surface area contributed by atoms with E-state index in [2.05, 4.69) is 26.9 Å². The van der Waals surface area contributed by atoms with Crippen LogP contribution in [0.5, 0.6) is 0 Å². The maximum absolute atomic E-state index is 4.14. The molecule has 1 spiro atoms. The predicted molar refractivity (Wildman–Crippen MR) is 98.8 cm³/mol. The Morgan fingerprint density at radius 2 is 1.71 bits per heavy atom. The average molecular weight is 328 g/mol. The second-order valence-corrected chi connectivity index (χ2v) is 8.66. The smallest absolute Gasteiger partial charge is 0.0271 e. The molecule has 4 rings (SSSR count). The van der Waals surface area contributed by atoms with Crippen molar-refractivity contribution in [3.8, 4) is 0 Å². The van der Waals surface area contributed by atoms with E-state index in [1.807, 2.05) is 12.4 Å². The molecule has 3 aliphatic rings. The molecule has 1 saturated carbocycles. The Balaban J connectivity index is 1.31. The van der Waals surface area contributed by atoms with Crippen molar-refractivity contribution in [2.24, 2.45) is 11.3 Å². The molecule has 0 bridgehead atoms. The van der Waals surface area contributed by atoms with Crippen molar-refractivity contribution in [3.05, 3.63) is 30.1 Å². The number of pyridine rings is 1. The van der Waals surface area contributed by atoms with Gasteiger partial charge in [-0.3, -0.25) is 9.88 Å². The third kappa shape index (κ3) is 4.00. The largest absolute Gasteiger partial charge is 0.302 e. The van der Waals surface area contributed by atoms with Crippen molar-refractivity contribution in [2.75, 3.05) is 32.7 Å². The Morgan fingerprint density at radius 1 is 0.917 bits per heavy atom. The van der Waals surface area contributed by atoms with Crippen molar-refractivity contribution >= 4 is 0 Å². The van der Waals surface area contributed by atoms with Gasteiger partial charge in [-0.05, 0) is 74.2 Å². The Kier molecular flexibility index (Phi) is 5.19. The lowest BCUT2D eigenvalue weighted by Crippen LogP contribution is -2.46. The number of rotatable bonds is 4. The van der Waals surface area contributed by atoms with Crippen LogP contribution >= 0.6 is 0 Å². The lowest BCUT2D eigenvalue weighted by Gasteiger charge is -2.42. The highest BCUT2D eigenvalue weighted by atomic mass is 15.2. The fourth-order valence-corrected chi connectivity index (χ4v) is 5.44. The first kappa shape index (κ1) is 16.5. The average Bonchev–Trinajstić information content (AvgIpc) is 2.98. The Morgan fingerprint density at radius 3 is 2.54 bits per heavy atom. The molecule has 0 N–H and O–H groups in total. The fourth-order valence-electron chi connectivity index (χ4n) is 5.44. The van der Waals surface area contributed by atoms with Crippen LogP contribution < -0.4 is 0 Å². The van der Waals surface area contributed by atoms with Crippen molar-refractivity contribution in [3.63, 3.8) is 0 Å². The topological polar surface area (TPSA) is 19.4 Å². The van der Waals surface area contributed by atoms with E-state index in [1.165, 1.54) is 89.7 Å². The summed E-state index contributed by atoms with van der Waals surface area (Å²) < 4.78 is 0. The maximum Gasteiger partial charge on any atom is 0.0271 e. The highest BCUT2D eigenvalue weighted by Gasteiger charge is 2.41. The standard InChI is InChI=1S/C21H33N3/c1-2-5-19(6-3-1)15-23-13-4-9-21(17-23)10-14-24(18-21)16-20-7-11-22-12-8-20/h7-8,11-12,19H,1-6,9-10,13-18H2. The summed E-state index contributed by atoms with van der Waals surface area (Å²) in [6, 6.07) is 4.34. The number of hydrogen-bond acceptors (Lipinski definition) is 3. The van der Waals surface area contributed by atoms with E-state index in [4.69, 9.17) is 0 Å². The monoisotopic (exact) mass is 327 g/mol. The van der Waals surface area contributed by atoms with Gasteiger partial charge in [0.1, 0.15) is 0 Å². The summed E-state index contributed by atoms with van der Waals surface area (Å²) in [6.07, 6.45) is 15.5. The first-order valence-corrected chi connectivity index (χ1v) is 10.2. The van der Waals surface area contributed by atoms with Crippen LogP contribution in [0.3, 0.4) is 0 Å². The third-order valence-corrected chi connectivity index (χ3v) is 6.65. The molecule has 3 fully saturated rings. The second kappa shape index (κ2) is 7.53. The van der Waals surface area contributed by atoms with Crippen LogP contribution in [0.15, 0.2) is 24.5 Å². The van der Waals surface area contributed by atoms with Crippen LogP contribution in [-0.2, 0) is 6.54 Å². The van der Waals surface area contributed by atoms with Gasteiger partial charge in [0.2, 0.25) is 0 Å². The molecule has 3 heterocycles. The molecule has 24 heavy (non-hydrogen) atoms. The Hall–Kier alpha value is -0.930. The van der Waals surface area contributed by atoms with Gasteiger partial charge >= 0.3 is 0 Å². The molecule has 3 nitrogen and oxygen atoms in total. The number of piperidine rings is 1. The van der Waals surface area contributed by atoms with E-state index in [9.17, 15) is 0 Å². The molecule has 0 radical (unpaired) electrons.